The molecule has 104 valence electrons. The number of esters is 1. The first-order valence-corrected chi connectivity index (χ1v) is 6.45. The number of carbonyl (C=O) groups excluding carboxylic acids is 2. The van der Waals surface area contributed by atoms with Crippen molar-refractivity contribution in [2.45, 2.75) is 0 Å². The Morgan fingerprint density at radius 3 is 2.24 bits per heavy atom. The lowest BCUT2D eigenvalue weighted by atomic mass is 9.95. The maximum Gasteiger partial charge on any atom is 0.339 e. The summed E-state index contributed by atoms with van der Waals surface area (Å²) in [6.45, 7) is 0. The van der Waals surface area contributed by atoms with Crippen LogP contribution in [0.4, 0.5) is 0 Å². The molecule has 3 rings (SSSR count). The molecule has 0 aromatic heterocycles. The van der Waals surface area contributed by atoms with Crippen LogP contribution in [0.5, 0.6) is 0 Å². The predicted octanol–water partition coefficient (Wildman–Crippen LogP) is 2.88. The fraction of sp³-hybridized carbons (Fsp3) is 0.0588. The molecule has 0 radical (unpaired) electrons. The van der Waals surface area contributed by atoms with Crippen molar-refractivity contribution in [2.24, 2.45) is 5.73 Å². The van der Waals surface area contributed by atoms with Crippen molar-refractivity contribution >= 4 is 33.4 Å². The summed E-state index contributed by atoms with van der Waals surface area (Å²) in [6.07, 6.45) is 0. The van der Waals surface area contributed by atoms with Crippen LogP contribution in [0.3, 0.4) is 0 Å². The summed E-state index contributed by atoms with van der Waals surface area (Å²) < 4.78 is 4.80. The number of rotatable bonds is 2. The Morgan fingerprint density at radius 2 is 1.62 bits per heavy atom. The minimum Gasteiger partial charge on any atom is -0.465 e. The highest BCUT2D eigenvalue weighted by molar-refractivity contribution is 6.15. The molecule has 0 aliphatic heterocycles. The molecule has 0 heterocycles. The van der Waals surface area contributed by atoms with Crippen molar-refractivity contribution in [3.63, 3.8) is 0 Å². The lowest BCUT2D eigenvalue weighted by Crippen LogP contribution is -2.17. The molecule has 0 unspecified atom stereocenters. The van der Waals surface area contributed by atoms with Crippen molar-refractivity contribution in [2.75, 3.05) is 7.11 Å². The van der Waals surface area contributed by atoms with Gasteiger partial charge in [-0.25, -0.2) is 4.79 Å². The number of nitrogens with two attached hydrogens (primary N) is 1. The average molecular weight is 279 g/mol. The fourth-order valence-electron chi connectivity index (χ4n) is 2.54. The van der Waals surface area contributed by atoms with E-state index in [4.69, 9.17) is 10.5 Å². The molecular weight excluding hydrogens is 266 g/mol. The summed E-state index contributed by atoms with van der Waals surface area (Å²) in [5, 5.41) is 3.57. The third-order valence-corrected chi connectivity index (χ3v) is 3.54. The van der Waals surface area contributed by atoms with Crippen LogP contribution in [-0.2, 0) is 4.74 Å². The summed E-state index contributed by atoms with van der Waals surface area (Å²) in [5.41, 5.74) is 5.75. The molecule has 0 aliphatic rings. The first-order chi connectivity index (χ1) is 10.1. The van der Waals surface area contributed by atoms with Crippen LogP contribution in [0.1, 0.15) is 20.7 Å². The van der Waals surface area contributed by atoms with Crippen molar-refractivity contribution < 1.29 is 14.3 Å². The number of amides is 1. The van der Waals surface area contributed by atoms with Gasteiger partial charge in [-0.3, -0.25) is 4.79 Å². The lowest BCUT2D eigenvalue weighted by Gasteiger charge is -2.10. The Bertz CT molecular complexity index is 884. The smallest absolute Gasteiger partial charge is 0.339 e. The third-order valence-electron chi connectivity index (χ3n) is 3.54. The van der Waals surface area contributed by atoms with Gasteiger partial charge in [0.1, 0.15) is 0 Å². The van der Waals surface area contributed by atoms with Gasteiger partial charge in [-0.05, 0) is 39.7 Å². The minimum atomic E-state index is -0.648. The van der Waals surface area contributed by atoms with E-state index in [9.17, 15) is 9.59 Å². The van der Waals surface area contributed by atoms with Gasteiger partial charge in [0, 0.05) is 0 Å². The van der Waals surface area contributed by atoms with E-state index in [1.807, 2.05) is 36.4 Å². The topological polar surface area (TPSA) is 69.4 Å². The number of benzene rings is 3. The van der Waals surface area contributed by atoms with Gasteiger partial charge in [-0.1, -0.05) is 30.3 Å². The van der Waals surface area contributed by atoms with E-state index in [0.717, 1.165) is 16.2 Å². The van der Waals surface area contributed by atoms with Crippen LogP contribution < -0.4 is 5.73 Å². The zero-order valence-corrected chi connectivity index (χ0v) is 11.4. The van der Waals surface area contributed by atoms with E-state index in [2.05, 4.69) is 0 Å². The molecule has 0 saturated carbocycles. The molecule has 0 bridgehead atoms. The summed E-state index contributed by atoms with van der Waals surface area (Å²) >= 11 is 0. The van der Waals surface area contributed by atoms with Crippen molar-refractivity contribution in [3.8, 4) is 0 Å². The molecule has 21 heavy (non-hydrogen) atoms. The zero-order valence-electron chi connectivity index (χ0n) is 11.4. The van der Waals surface area contributed by atoms with Gasteiger partial charge in [-0.2, -0.15) is 0 Å². The molecule has 4 nitrogen and oxygen atoms in total. The Labute approximate surface area is 121 Å². The van der Waals surface area contributed by atoms with Crippen LogP contribution >= 0.6 is 0 Å². The van der Waals surface area contributed by atoms with Crippen molar-refractivity contribution in [3.05, 3.63) is 59.7 Å². The molecule has 2 N–H and O–H groups in total. The highest BCUT2D eigenvalue weighted by Gasteiger charge is 2.19. The second-order valence-electron chi connectivity index (χ2n) is 4.76. The number of methoxy groups -OCH3 is 1. The quantitative estimate of drug-likeness (QED) is 0.579. The molecule has 4 heteroatoms. The number of hydrogen-bond acceptors (Lipinski definition) is 3. The molecule has 0 saturated heterocycles. The molecule has 3 aromatic rings. The summed E-state index contributed by atoms with van der Waals surface area (Å²) in [5.74, 6) is -1.21. The predicted molar refractivity (Wildman–Crippen MR) is 81.3 cm³/mol. The number of hydrogen-bond donors (Lipinski definition) is 1. The Kier molecular flexibility index (Phi) is 3.06. The van der Waals surface area contributed by atoms with E-state index in [1.54, 1.807) is 12.1 Å². The molecule has 0 aliphatic carbocycles. The Morgan fingerprint density at radius 1 is 0.952 bits per heavy atom. The summed E-state index contributed by atoms with van der Waals surface area (Å²) in [4.78, 5) is 23.6. The van der Waals surface area contributed by atoms with E-state index in [-0.39, 0.29) is 11.1 Å². The second-order valence-corrected chi connectivity index (χ2v) is 4.76. The number of ether oxygens (including phenoxy) is 1. The molecule has 0 atom stereocenters. The van der Waals surface area contributed by atoms with Crippen molar-refractivity contribution in [1.82, 2.24) is 0 Å². The largest absolute Gasteiger partial charge is 0.465 e. The molecule has 0 fully saturated rings. The highest BCUT2D eigenvalue weighted by atomic mass is 16.5. The van der Waals surface area contributed by atoms with Gasteiger partial charge >= 0.3 is 5.97 Å². The van der Waals surface area contributed by atoms with Gasteiger partial charge in [-0.15, -0.1) is 0 Å². The van der Waals surface area contributed by atoms with E-state index < -0.39 is 11.9 Å². The monoisotopic (exact) mass is 279 g/mol. The first kappa shape index (κ1) is 13.1. The van der Waals surface area contributed by atoms with Crippen LogP contribution in [0.2, 0.25) is 0 Å². The molecule has 1 amide bonds. The van der Waals surface area contributed by atoms with E-state index in [1.165, 1.54) is 7.11 Å². The van der Waals surface area contributed by atoms with Crippen LogP contribution in [0, 0.1) is 0 Å². The number of carbonyl (C=O) groups is 2. The Hall–Kier alpha value is -2.88. The first-order valence-electron chi connectivity index (χ1n) is 6.45. The zero-order chi connectivity index (χ0) is 15.0. The lowest BCUT2D eigenvalue weighted by molar-refractivity contribution is 0.0599. The van der Waals surface area contributed by atoms with Gasteiger partial charge in [0.05, 0.1) is 18.2 Å². The number of primary amides is 1. The maximum absolute atomic E-state index is 12.1. The normalized spacial score (nSPS) is 10.7. The van der Waals surface area contributed by atoms with E-state index >= 15 is 0 Å². The third kappa shape index (κ3) is 2.10. The summed E-state index contributed by atoms with van der Waals surface area (Å²) in [6, 6.07) is 15.0. The molecule has 3 aromatic carbocycles. The maximum atomic E-state index is 12.1. The minimum absolute atomic E-state index is 0.171. The average Bonchev–Trinajstić information content (AvgIpc) is 2.50. The van der Waals surface area contributed by atoms with Crippen LogP contribution in [0.25, 0.3) is 21.5 Å². The number of fused-ring (bicyclic) bond motifs is 2. The SMILES string of the molecule is COC(=O)c1c(C(N)=O)ccc2cc3ccccc3cc12. The van der Waals surface area contributed by atoms with Gasteiger partial charge in [0.15, 0.2) is 0 Å². The van der Waals surface area contributed by atoms with Gasteiger partial charge < -0.3 is 10.5 Å². The van der Waals surface area contributed by atoms with E-state index in [0.29, 0.717) is 5.39 Å². The standard InChI is InChI=1S/C17H13NO3/c1-21-17(20)15-13(16(18)19)7-6-12-8-10-4-2-3-5-11(10)9-14(12)15/h2-9H,1H3,(H2,18,19). The molecule has 0 spiro atoms. The van der Waals surface area contributed by atoms with Crippen LogP contribution in [-0.4, -0.2) is 19.0 Å². The molecular formula is C17H13NO3. The Balaban J connectivity index is 2.45. The van der Waals surface area contributed by atoms with Crippen LogP contribution in [0.15, 0.2) is 48.5 Å². The van der Waals surface area contributed by atoms with Gasteiger partial charge in [0.2, 0.25) is 5.91 Å². The fourth-order valence-corrected chi connectivity index (χ4v) is 2.54. The summed E-state index contributed by atoms with van der Waals surface area (Å²) in [7, 11) is 1.28. The van der Waals surface area contributed by atoms with Crippen molar-refractivity contribution in [1.29, 1.82) is 0 Å². The van der Waals surface area contributed by atoms with Gasteiger partial charge in [0.25, 0.3) is 0 Å². The highest BCUT2D eigenvalue weighted by Crippen LogP contribution is 2.28. The second kappa shape index (κ2) is 4.90.